The molecule has 2 saturated heterocycles. The van der Waals surface area contributed by atoms with Crippen LogP contribution in [0.4, 0.5) is 5.82 Å². The number of amides is 1. The number of thioether (sulfide) groups is 1. The minimum atomic E-state index is -3.51. The largest absolute Gasteiger partial charge is 0.389 e. The van der Waals surface area contributed by atoms with E-state index in [0.717, 1.165) is 18.0 Å². The minimum absolute atomic E-state index is 0.0742. The Kier molecular flexibility index (Phi) is 8.00. The lowest BCUT2D eigenvalue weighted by atomic mass is 9.83. The number of anilines is 1. The summed E-state index contributed by atoms with van der Waals surface area (Å²) in [6.45, 7) is 2.64. The topological polar surface area (TPSA) is 164 Å². The number of aliphatic hydroxyl groups is 1. The van der Waals surface area contributed by atoms with Gasteiger partial charge in [-0.2, -0.15) is 14.8 Å². The van der Waals surface area contributed by atoms with Crippen LogP contribution in [-0.4, -0.2) is 66.3 Å². The number of nitrogens with zero attached hydrogens (tertiary/aromatic N) is 5. The molecule has 0 saturated carbocycles. The number of carbonyl (C=O) groups is 1. The molecule has 3 N–H and O–H groups in total. The molecule has 1 aromatic carbocycles. The van der Waals surface area contributed by atoms with Gasteiger partial charge in [-0.3, -0.25) is 4.79 Å². The fourth-order valence-corrected chi connectivity index (χ4v) is 8.12. The van der Waals surface area contributed by atoms with Crippen LogP contribution in [0.2, 0.25) is 0 Å². The molecule has 38 heavy (non-hydrogen) atoms. The highest BCUT2D eigenvalue weighted by Crippen LogP contribution is 2.43. The van der Waals surface area contributed by atoms with Crippen LogP contribution in [0.1, 0.15) is 53.7 Å². The highest BCUT2D eigenvalue weighted by Gasteiger charge is 2.53. The first kappa shape index (κ1) is 27.9. The predicted molar refractivity (Wildman–Crippen MR) is 144 cm³/mol. The van der Waals surface area contributed by atoms with E-state index in [1.54, 1.807) is 29.2 Å². The van der Waals surface area contributed by atoms with Crippen LogP contribution in [0.3, 0.4) is 0 Å². The number of aromatic nitrogens is 1. The Bertz CT molecular complexity index is 1420. The van der Waals surface area contributed by atoms with Crippen molar-refractivity contribution in [3.8, 4) is 12.1 Å². The van der Waals surface area contributed by atoms with Gasteiger partial charge >= 0.3 is 0 Å². The third kappa shape index (κ3) is 4.97. The molecule has 1 spiro atoms. The molecule has 10 nitrogen and oxygen atoms in total. The van der Waals surface area contributed by atoms with E-state index in [4.69, 9.17) is 10.7 Å². The first-order valence-corrected chi connectivity index (χ1v) is 15.1. The van der Waals surface area contributed by atoms with Crippen LogP contribution in [0.25, 0.3) is 0 Å². The van der Waals surface area contributed by atoms with Crippen molar-refractivity contribution in [2.24, 2.45) is 5.73 Å². The zero-order valence-corrected chi connectivity index (χ0v) is 22.9. The normalized spacial score (nSPS) is 22.7. The lowest BCUT2D eigenvalue weighted by molar-refractivity contribution is -0.117. The van der Waals surface area contributed by atoms with E-state index in [-0.39, 0.29) is 22.7 Å². The van der Waals surface area contributed by atoms with Crippen LogP contribution in [0, 0.1) is 22.7 Å². The van der Waals surface area contributed by atoms with E-state index in [9.17, 15) is 28.8 Å². The monoisotopic (exact) mass is 554 g/mol. The van der Waals surface area contributed by atoms with Crippen LogP contribution >= 0.6 is 11.8 Å². The molecule has 0 radical (unpaired) electrons. The zero-order chi connectivity index (χ0) is 27.7. The Morgan fingerprint density at radius 3 is 2.47 bits per heavy atom. The second-order valence-electron chi connectivity index (χ2n) is 9.61. The van der Waals surface area contributed by atoms with Crippen molar-refractivity contribution in [1.29, 1.82) is 10.5 Å². The summed E-state index contributed by atoms with van der Waals surface area (Å²) in [7, 11) is -3.51. The maximum atomic E-state index is 12.5. The molecule has 200 valence electrons. The van der Waals surface area contributed by atoms with Gasteiger partial charge in [-0.05, 0) is 36.8 Å². The van der Waals surface area contributed by atoms with Gasteiger partial charge in [0.05, 0.1) is 29.0 Å². The Balaban J connectivity index is 1.76. The smallest absolute Gasteiger partial charge is 0.235 e. The summed E-state index contributed by atoms with van der Waals surface area (Å²) in [5.41, 5.74) is 6.46. The van der Waals surface area contributed by atoms with E-state index in [1.807, 2.05) is 13.0 Å². The summed E-state index contributed by atoms with van der Waals surface area (Å²) in [5, 5.41) is 30.8. The summed E-state index contributed by atoms with van der Waals surface area (Å²) in [6.07, 6.45) is 2.13. The molecule has 3 heterocycles. The first-order valence-electron chi connectivity index (χ1n) is 12.4. The molecular weight excluding hydrogens is 524 g/mol. The molecule has 2 aliphatic rings. The number of nitriles is 2. The third-order valence-corrected chi connectivity index (χ3v) is 10.0. The highest BCUT2D eigenvalue weighted by molar-refractivity contribution is 8.00. The van der Waals surface area contributed by atoms with Crippen molar-refractivity contribution in [1.82, 2.24) is 9.29 Å². The van der Waals surface area contributed by atoms with Crippen molar-refractivity contribution in [3.05, 3.63) is 52.6 Å². The number of primary amides is 1. The second-order valence-corrected chi connectivity index (χ2v) is 12.6. The Morgan fingerprint density at radius 1 is 1.24 bits per heavy atom. The molecule has 4 rings (SSSR count). The summed E-state index contributed by atoms with van der Waals surface area (Å²) in [5.74, 6) is -0.284. The van der Waals surface area contributed by atoms with Crippen LogP contribution in [0.15, 0.2) is 35.4 Å². The van der Waals surface area contributed by atoms with Crippen molar-refractivity contribution in [2.75, 3.05) is 30.8 Å². The van der Waals surface area contributed by atoms with Crippen LogP contribution in [0.5, 0.6) is 0 Å². The van der Waals surface area contributed by atoms with Gasteiger partial charge in [0, 0.05) is 19.6 Å². The third-order valence-electron chi connectivity index (χ3n) is 7.41. The molecule has 1 unspecified atom stereocenters. The van der Waals surface area contributed by atoms with E-state index in [0.29, 0.717) is 55.7 Å². The van der Waals surface area contributed by atoms with E-state index in [1.165, 1.54) is 4.31 Å². The fraction of sp³-hybridized carbons (Fsp3) is 0.462. The summed E-state index contributed by atoms with van der Waals surface area (Å²) in [4.78, 5) is 18.9. The van der Waals surface area contributed by atoms with E-state index >= 15 is 0 Å². The van der Waals surface area contributed by atoms with Gasteiger partial charge in [0.25, 0.3) is 0 Å². The molecule has 12 heteroatoms. The average Bonchev–Trinajstić information content (AvgIpc) is 3.33. The summed E-state index contributed by atoms with van der Waals surface area (Å²) in [6, 6.07) is 13.3. The van der Waals surface area contributed by atoms with Crippen molar-refractivity contribution >= 4 is 33.5 Å². The van der Waals surface area contributed by atoms with Crippen molar-refractivity contribution in [3.63, 3.8) is 0 Å². The molecule has 1 amide bonds. The molecule has 1 aromatic heterocycles. The van der Waals surface area contributed by atoms with Gasteiger partial charge in [-0.15, -0.1) is 0 Å². The number of sulfonamides is 1. The number of hydrogen-bond donors (Lipinski definition) is 2. The number of rotatable bonds is 7. The zero-order valence-electron chi connectivity index (χ0n) is 21.3. The average molecular weight is 555 g/mol. The van der Waals surface area contributed by atoms with Gasteiger partial charge in [-0.1, -0.05) is 49.0 Å². The molecule has 3 atom stereocenters. The number of β-amino-alcohol motifs (C(OH)–C–C–N with tert-alkyl or cyclic N) is 1. The molecule has 0 bridgehead atoms. The van der Waals surface area contributed by atoms with Gasteiger partial charge in [0.15, 0.2) is 0 Å². The number of hydrogen-bond acceptors (Lipinski definition) is 9. The minimum Gasteiger partial charge on any atom is -0.389 e. The SMILES string of the molecule is CCc1c(C#N)c(SC(C(N)=O)c2ccccc2)nc(N2CC[C@@]3(CCCN3S(C)(=O)=O)[C@@H](O)C2)c1C#N. The number of benzene rings is 1. The Hall–Kier alpha value is -3.16. The van der Waals surface area contributed by atoms with Crippen LogP contribution < -0.4 is 10.6 Å². The number of aliphatic hydroxyl groups excluding tert-OH is 1. The Labute approximate surface area is 227 Å². The summed E-state index contributed by atoms with van der Waals surface area (Å²) < 4.78 is 26.3. The van der Waals surface area contributed by atoms with Crippen molar-refractivity contribution < 1.29 is 18.3 Å². The lowest BCUT2D eigenvalue weighted by Gasteiger charge is -2.47. The second kappa shape index (κ2) is 10.9. The fourth-order valence-electron chi connectivity index (χ4n) is 5.64. The lowest BCUT2D eigenvalue weighted by Crippen LogP contribution is -2.62. The highest BCUT2D eigenvalue weighted by atomic mass is 32.2. The quantitative estimate of drug-likeness (QED) is 0.487. The standard InChI is InChI=1S/C26H30N6O4S2/c1-3-18-19(14-27)24(31-13-11-26(21(33)16-31)10-7-12-32(26)38(2,35)36)30-25(20(18)15-28)37-22(23(29)34)17-8-5-4-6-9-17/h4-6,8-9,21-22,33H,3,7,10-13,16H2,1-2H3,(H2,29,34)/t21-,22?,26-/m0/s1. The molecule has 0 aliphatic carbocycles. The van der Waals surface area contributed by atoms with Gasteiger partial charge in [0.1, 0.15) is 28.2 Å². The Morgan fingerprint density at radius 2 is 1.92 bits per heavy atom. The molecule has 2 aliphatic heterocycles. The van der Waals surface area contributed by atoms with Gasteiger partial charge < -0.3 is 15.7 Å². The number of carbonyl (C=O) groups excluding carboxylic acids is 1. The van der Waals surface area contributed by atoms with E-state index < -0.39 is 32.8 Å². The van der Waals surface area contributed by atoms with Crippen LogP contribution in [-0.2, 0) is 21.2 Å². The van der Waals surface area contributed by atoms with Gasteiger partial charge in [0.2, 0.25) is 15.9 Å². The van der Waals surface area contributed by atoms with E-state index in [2.05, 4.69) is 12.1 Å². The number of piperidine rings is 1. The maximum absolute atomic E-state index is 12.5. The number of nitrogens with two attached hydrogens (primary N) is 1. The number of pyridine rings is 1. The first-order chi connectivity index (χ1) is 18.1. The van der Waals surface area contributed by atoms with Crippen molar-refractivity contribution in [2.45, 2.75) is 54.5 Å². The molecule has 2 fully saturated rings. The predicted octanol–water partition coefficient (Wildman–Crippen LogP) is 2.07. The molecule has 2 aromatic rings. The maximum Gasteiger partial charge on any atom is 0.235 e. The molecular formula is C26H30N6O4S2. The van der Waals surface area contributed by atoms with Gasteiger partial charge in [-0.25, -0.2) is 13.4 Å². The summed E-state index contributed by atoms with van der Waals surface area (Å²) >= 11 is 1.06.